The van der Waals surface area contributed by atoms with Crippen molar-refractivity contribution in [1.82, 2.24) is 0 Å². The molecule has 0 N–H and O–H groups in total. The van der Waals surface area contributed by atoms with Crippen molar-refractivity contribution >= 4 is 11.6 Å². The van der Waals surface area contributed by atoms with Crippen molar-refractivity contribution < 1.29 is 9.47 Å². The molecule has 0 saturated carbocycles. The number of ether oxygens (including phenoxy) is 2. The largest absolute Gasteiger partial charge is 0.384 e. The van der Waals surface area contributed by atoms with Gasteiger partial charge in [-0.05, 0) is 6.42 Å². The van der Waals surface area contributed by atoms with E-state index in [1.165, 1.54) is 0 Å². The van der Waals surface area contributed by atoms with Crippen molar-refractivity contribution in [3.63, 3.8) is 0 Å². The van der Waals surface area contributed by atoms with Crippen LogP contribution in [0.5, 0.6) is 0 Å². The van der Waals surface area contributed by atoms with Crippen LogP contribution in [0.3, 0.4) is 0 Å². The SMILES string of the molecule is COCC(CCCl)COC. The number of halogens is 1. The summed E-state index contributed by atoms with van der Waals surface area (Å²) < 4.78 is 9.94. The minimum atomic E-state index is 0.451. The lowest BCUT2D eigenvalue weighted by Crippen LogP contribution is -2.14. The second-order valence-electron chi connectivity index (χ2n) is 2.25. The highest BCUT2D eigenvalue weighted by Gasteiger charge is 2.05. The fraction of sp³-hybridized carbons (Fsp3) is 1.00. The first-order valence-electron chi connectivity index (χ1n) is 3.39. The summed E-state index contributed by atoms with van der Waals surface area (Å²) >= 11 is 5.56. The van der Waals surface area contributed by atoms with Gasteiger partial charge >= 0.3 is 0 Å². The normalized spacial score (nSPS) is 10.8. The number of hydrogen-bond acceptors (Lipinski definition) is 2. The summed E-state index contributed by atoms with van der Waals surface area (Å²) in [5.74, 6) is 1.13. The molecule has 0 heterocycles. The molecule has 0 aromatic carbocycles. The van der Waals surface area contributed by atoms with E-state index >= 15 is 0 Å². The first kappa shape index (κ1) is 10.2. The van der Waals surface area contributed by atoms with Gasteiger partial charge in [-0.15, -0.1) is 11.6 Å². The second-order valence-corrected chi connectivity index (χ2v) is 2.63. The Morgan fingerprint density at radius 3 is 2.00 bits per heavy atom. The summed E-state index contributed by atoms with van der Waals surface area (Å²) in [5.41, 5.74) is 0. The van der Waals surface area contributed by atoms with E-state index in [9.17, 15) is 0 Å². The van der Waals surface area contributed by atoms with Gasteiger partial charge in [0.05, 0.1) is 13.2 Å². The Hall–Kier alpha value is 0.210. The molecule has 0 saturated heterocycles. The molecule has 3 heteroatoms. The molecule has 0 aromatic heterocycles. The lowest BCUT2D eigenvalue weighted by Gasteiger charge is -2.12. The van der Waals surface area contributed by atoms with E-state index in [4.69, 9.17) is 21.1 Å². The van der Waals surface area contributed by atoms with Crippen LogP contribution in [0.4, 0.5) is 0 Å². The van der Waals surface area contributed by atoms with Gasteiger partial charge in [0, 0.05) is 26.0 Å². The van der Waals surface area contributed by atoms with Crippen LogP contribution in [0.1, 0.15) is 6.42 Å². The predicted octanol–water partition coefficient (Wildman–Crippen LogP) is 1.52. The Labute approximate surface area is 67.5 Å². The summed E-state index contributed by atoms with van der Waals surface area (Å²) in [6.07, 6.45) is 0.962. The zero-order valence-electron chi connectivity index (χ0n) is 6.60. The van der Waals surface area contributed by atoms with Crippen LogP contribution in [0.25, 0.3) is 0 Å². The minimum Gasteiger partial charge on any atom is -0.384 e. The molecule has 0 aliphatic carbocycles. The molecule has 2 nitrogen and oxygen atoms in total. The molecule has 0 aliphatic rings. The molecule has 0 aliphatic heterocycles. The molecule has 0 aromatic rings. The minimum absolute atomic E-state index is 0.451. The fourth-order valence-corrected chi connectivity index (χ4v) is 1.15. The van der Waals surface area contributed by atoms with E-state index in [0.717, 1.165) is 19.6 Å². The van der Waals surface area contributed by atoms with E-state index in [1.54, 1.807) is 14.2 Å². The highest BCUT2D eigenvalue weighted by atomic mass is 35.5. The molecule has 0 spiro atoms. The third-order valence-electron chi connectivity index (χ3n) is 1.32. The van der Waals surface area contributed by atoms with Gasteiger partial charge in [-0.2, -0.15) is 0 Å². The molecule has 0 fully saturated rings. The molecule has 10 heavy (non-hydrogen) atoms. The Morgan fingerprint density at radius 1 is 1.20 bits per heavy atom. The Morgan fingerprint density at radius 2 is 1.70 bits per heavy atom. The maximum atomic E-state index is 5.56. The zero-order chi connectivity index (χ0) is 7.82. The van der Waals surface area contributed by atoms with Crippen LogP contribution < -0.4 is 0 Å². The average molecular weight is 167 g/mol. The van der Waals surface area contributed by atoms with Gasteiger partial charge in [0.2, 0.25) is 0 Å². The van der Waals surface area contributed by atoms with Crippen molar-refractivity contribution in [3.05, 3.63) is 0 Å². The highest BCUT2D eigenvalue weighted by molar-refractivity contribution is 6.17. The quantitative estimate of drug-likeness (QED) is 0.558. The molecular formula is C7H15ClO2. The van der Waals surface area contributed by atoms with Gasteiger partial charge in [0.25, 0.3) is 0 Å². The average Bonchev–Trinajstić information content (AvgIpc) is 1.90. The summed E-state index contributed by atoms with van der Waals surface area (Å²) in [5, 5.41) is 0. The number of alkyl halides is 1. The monoisotopic (exact) mass is 166 g/mol. The smallest absolute Gasteiger partial charge is 0.0512 e. The molecule has 0 rings (SSSR count). The van der Waals surface area contributed by atoms with Crippen LogP contribution in [-0.4, -0.2) is 33.3 Å². The van der Waals surface area contributed by atoms with Crippen LogP contribution >= 0.6 is 11.6 Å². The van der Waals surface area contributed by atoms with Gasteiger partial charge in [-0.1, -0.05) is 0 Å². The summed E-state index contributed by atoms with van der Waals surface area (Å²) in [6.45, 7) is 1.47. The Kier molecular flexibility index (Phi) is 7.47. The van der Waals surface area contributed by atoms with Crippen molar-refractivity contribution in [2.45, 2.75) is 6.42 Å². The molecule has 0 unspecified atom stereocenters. The van der Waals surface area contributed by atoms with Crippen LogP contribution in [0.2, 0.25) is 0 Å². The van der Waals surface area contributed by atoms with Crippen LogP contribution in [0, 0.1) is 5.92 Å². The maximum Gasteiger partial charge on any atom is 0.0512 e. The lowest BCUT2D eigenvalue weighted by atomic mass is 10.1. The van der Waals surface area contributed by atoms with Crippen LogP contribution in [-0.2, 0) is 9.47 Å². The van der Waals surface area contributed by atoms with Gasteiger partial charge in [0.15, 0.2) is 0 Å². The van der Waals surface area contributed by atoms with Crippen molar-refractivity contribution in [2.24, 2.45) is 5.92 Å². The molecule has 0 radical (unpaired) electrons. The second kappa shape index (κ2) is 7.32. The highest BCUT2D eigenvalue weighted by Crippen LogP contribution is 2.04. The van der Waals surface area contributed by atoms with E-state index in [0.29, 0.717) is 11.8 Å². The van der Waals surface area contributed by atoms with Gasteiger partial charge in [0.1, 0.15) is 0 Å². The topological polar surface area (TPSA) is 18.5 Å². The first-order valence-corrected chi connectivity index (χ1v) is 3.92. The third-order valence-corrected chi connectivity index (χ3v) is 1.54. The molecular weight excluding hydrogens is 152 g/mol. The lowest BCUT2D eigenvalue weighted by molar-refractivity contribution is 0.0833. The first-order chi connectivity index (χ1) is 4.85. The third kappa shape index (κ3) is 5.03. The zero-order valence-corrected chi connectivity index (χ0v) is 7.36. The van der Waals surface area contributed by atoms with Gasteiger partial charge < -0.3 is 9.47 Å². The van der Waals surface area contributed by atoms with Crippen molar-refractivity contribution in [3.8, 4) is 0 Å². The standard InChI is InChI=1S/C7H15ClO2/c1-9-5-7(3-4-8)6-10-2/h7H,3-6H2,1-2H3. The van der Waals surface area contributed by atoms with Crippen molar-refractivity contribution in [1.29, 1.82) is 0 Å². The number of hydrogen-bond donors (Lipinski definition) is 0. The Bertz CT molecular complexity index is 54.4. The van der Waals surface area contributed by atoms with E-state index in [1.807, 2.05) is 0 Å². The summed E-state index contributed by atoms with van der Waals surface area (Å²) in [4.78, 5) is 0. The Balaban J connectivity index is 3.30. The van der Waals surface area contributed by atoms with Crippen LogP contribution in [0.15, 0.2) is 0 Å². The number of methoxy groups -OCH3 is 2. The van der Waals surface area contributed by atoms with Gasteiger partial charge in [-0.25, -0.2) is 0 Å². The van der Waals surface area contributed by atoms with Crippen molar-refractivity contribution in [2.75, 3.05) is 33.3 Å². The fourth-order valence-electron chi connectivity index (χ4n) is 0.840. The molecule has 0 amide bonds. The van der Waals surface area contributed by atoms with E-state index < -0.39 is 0 Å². The van der Waals surface area contributed by atoms with E-state index in [-0.39, 0.29) is 0 Å². The maximum absolute atomic E-state index is 5.56. The predicted molar refractivity (Wildman–Crippen MR) is 42.6 cm³/mol. The summed E-state index contributed by atoms with van der Waals surface area (Å²) in [6, 6.07) is 0. The van der Waals surface area contributed by atoms with Gasteiger partial charge in [-0.3, -0.25) is 0 Å². The molecule has 62 valence electrons. The summed E-state index contributed by atoms with van der Waals surface area (Å²) in [7, 11) is 3.38. The molecule has 0 bridgehead atoms. The van der Waals surface area contributed by atoms with E-state index in [2.05, 4.69) is 0 Å². The number of rotatable bonds is 6. The molecule has 0 atom stereocenters.